The van der Waals surface area contributed by atoms with Crippen molar-refractivity contribution >= 4 is 69.8 Å². The van der Waals surface area contributed by atoms with E-state index in [1.807, 2.05) is 6.92 Å². The average Bonchev–Trinajstić information content (AvgIpc) is 3.08. The Labute approximate surface area is 198 Å². The molecule has 11 heteroatoms. The Kier molecular flexibility index (Phi) is 8.20. The van der Waals surface area contributed by atoms with Crippen LogP contribution in [0.4, 0.5) is 11.4 Å². The van der Waals surface area contributed by atoms with Crippen LogP contribution >= 0.6 is 46.6 Å². The lowest BCUT2D eigenvalue weighted by molar-refractivity contribution is -0.116. The number of rotatable bonds is 8. The summed E-state index contributed by atoms with van der Waals surface area (Å²) in [6.45, 7) is 2.46. The van der Waals surface area contributed by atoms with E-state index in [0.717, 1.165) is 0 Å². The van der Waals surface area contributed by atoms with E-state index < -0.39 is 0 Å². The smallest absolute Gasteiger partial charge is 0.234 e. The van der Waals surface area contributed by atoms with Gasteiger partial charge in [0, 0.05) is 22.3 Å². The molecule has 3 rings (SSSR count). The second-order valence-corrected chi connectivity index (χ2v) is 8.57. The lowest BCUT2D eigenvalue weighted by Crippen LogP contribution is -2.18. The van der Waals surface area contributed by atoms with E-state index in [4.69, 9.17) is 34.8 Å². The normalized spacial score (nSPS) is 10.7. The number of carbonyl (C=O) groups excluding carboxylic acids is 2. The number of benzene rings is 2. The van der Waals surface area contributed by atoms with E-state index in [1.165, 1.54) is 11.8 Å². The SMILES string of the molecule is CCn1c(CC(=O)Nc2ccccc2Cl)nnc1SCC(=O)Nc1cc(Cl)cc(Cl)c1. The van der Waals surface area contributed by atoms with Crippen molar-refractivity contribution in [1.82, 2.24) is 14.8 Å². The lowest BCUT2D eigenvalue weighted by atomic mass is 10.3. The van der Waals surface area contributed by atoms with E-state index >= 15 is 0 Å². The lowest BCUT2D eigenvalue weighted by Gasteiger charge is -2.09. The van der Waals surface area contributed by atoms with Gasteiger partial charge in [0.2, 0.25) is 11.8 Å². The first-order valence-corrected chi connectivity index (χ1v) is 11.3. The number of hydrogen-bond acceptors (Lipinski definition) is 5. The molecule has 2 N–H and O–H groups in total. The predicted octanol–water partition coefficient (Wildman–Crippen LogP) is 5.17. The number of halogens is 3. The van der Waals surface area contributed by atoms with Crippen molar-refractivity contribution in [3.63, 3.8) is 0 Å². The molecule has 0 aliphatic carbocycles. The number of thioether (sulfide) groups is 1. The molecule has 0 aliphatic heterocycles. The molecule has 0 fully saturated rings. The third-order valence-corrected chi connectivity index (χ3v) is 5.79. The fourth-order valence-corrected chi connectivity index (χ4v) is 4.26. The Morgan fingerprint density at radius 2 is 1.71 bits per heavy atom. The molecule has 0 atom stereocenters. The highest BCUT2D eigenvalue weighted by Gasteiger charge is 2.16. The van der Waals surface area contributed by atoms with Crippen molar-refractivity contribution in [1.29, 1.82) is 0 Å². The zero-order valence-electron chi connectivity index (χ0n) is 16.4. The summed E-state index contributed by atoms with van der Waals surface area (Å²) < 4.78 is 1.79. The van der Waals surface area contributed by atoms with Crippen LogP contribution in [0.15, 0.2) is 47.6 Å². The zero-order valence-corrected chi connectivity index (χ0v) is 19.4. The van der Waals surface area contributed by atoms with E-state index in [1.54, 1.807) is 47.0 Å². The monoisotopic (exact) mass is 497 g/mol. The molecule has 0 aliphatic rings. The number of carbonyl (C=O) groups is 2. The van der Waals surface area contributed by atoms with Crippen LogP contribution in [0.2, 0.25) is 15.1 Å². The summed E-state index contributed by atoms with van der Waals surface area (Å²) in [6.07, 6.45) is 0.0276. The van der Waals surface area contributed by atoms with Crippen molar-refractivity contribution in [2.45, 2.75) is 25.0 Å². The number of anilines is 2. The van der Waals surface area contributed by atoms with Gasteiger partial charge in [-0.3, -0.25) is 9.59 Å². The van der Waals surface area contributed by atoms with Crippen molar-refractivity contribution in [2.75, 3.05) is 16.4 Å². The Balaban J connectivity index is 1.59. The minimum absolute atomic E-state index is 0.0276. The van der Waals surface area contributed by atoms with Gasteiger partial charge in [0.1, 0.15) is 5.82 Å². The molecule has 0 saturated carbocycles. The van der Waals surface area contributed by atoms with Crippen LogP contribution in [-0.2, 0) is 22.6 Å². The minimum atomic E-state index is -0.262. The van der Waals surface area contributed by atoms with Gasteiger partial charge in [-0.1, -0.05) is 58.7 Å². The molecule has 3 aromatic rings. The number of hydrogen-bond donors (Lipinski definition) is 2. The zero-order chi connectivity index (χ0) is 22.4. The first-order chi connectivity index (χ1) is 14.9. The van der Waals surface area contributed by atoms with Gasteiger partial charge in [-0.05, 0) is 37.3 Å². The van der Waals surface area contributed by atoms with Crippen molar-refractivity contribution in [3.05, 3.63) is 63.4 Å². The Morgan fingerprint density at radius 1 is 1.00 bits per heavy atom. The molecule has 2 amide bonds. The van der Waals surface area contributed by atoms with Crippen LogP contribution in [0, 0.1) is 0 Å². The second kappa shape index (κ2) is 10.9. The molecular weight excluding hydrogens is 481 g/mol. The van der Waals surface area contributed by atoms with E-state index in [9.17, 15) is 9.59 Å². The molecule has 0 unspecified atom stereocenters. The molecule has 162 valence electrons. The van der Waals surface area contributed by atoms with Gasteiger partial charge in [-0.2, -0.15) is 0 Å². The highest BCUT2D eigenvalue weighted by Crippen LogP contribution is 2.24. The summed E-state index contributed by atoms with van der Waals surface area (Å²) in [7, 11) is 0. The maximum atomic E-state index is 12.4. The summed E-state index contributed by atoms with van der Waals surface area (Å²) in [4.78, 5) is 24.7. The fraction of sp³-hybridized carbons (Fsp3) is 0.200. The van der Waals surface area contributed by atoms with Crippen LogP contribution in [0.3, 0.4) is 0 Å². The van der Waals surface area contributed by atoms with Gasteiger partial charge in [0.05, 0.1) is 22.9 Å². The van der Waals surface area contributed by atoms with Gasteiger partial charge < -0.3 is 15.2 Å². The summed E-state index contributed by atoms with van der Waals surface area (Å²) in [6, 6.07) is 11.8. The van der Waals surface area contributed by atoms with E-state index in [2.05, 4.69) is 20.8 Å². The van der Waals surface area contributed by atoms with Crippen LogP contribution < -0.4 is 10.6 Å². The van der Waals surface area contributed by atoms with Crippen LogP contribution in [-0.4, -0.2) is 32.3 Å². The predicted molar refractivity (Wildman–Crippen MR) is 125 cm³/mol. The summed E-state index contributed by atoms with van der Waals surface area (Å²) in [5.41, 5.74) is 1.04. The Bertz CT molecular complexity index is 1090. The molecule has 0 spiro atoms. The molecule has 0 saturated heterocycles. The standard InChI is InChI=1S/C20H18Cl3N5O2S/c1-2-28-17(10-18(29)25-16-6-4-3-5-15(16)23)26-27-20(28)31-11-19(30)24-14-8-12(21)7-13(22)9-14/h3-9H,2,10-11H2,1H3,(H,24,30)(H,25,29). The van der Waals surface area contributed by atoms with Crippen LogP contribution in [0.1, 0.15) is 12.7 Å². The first-order valence-electron chi connectivity index (χ1n) is 9.21. The second-order valence-electron chi connectivity index (χ2n) is 6.34. The van der Waals surface area contributed by atoms with Gasteiger partial charge >= 0.3 is 0 Å². The maximum absolute atomic E-state index is 12.4. The molecule has 0 radical (unpaired) electrons. The topological polar surface area (TPSA) is 88.9 Å². The number of nitrogens with zero attached hydrogens (tertiary/aromatic N) is 3. The van der Waals surface area contributed by atoms with Gasteiger partial charge in [-0.15, -0.1) is 10.2 Å². The van der Waals surface area contributed by atoms with Gasteiger partial charge in [0.15, 0.2) is 5.16 Å². The highest BCUT2D eigenvalue weighted by molar-refractivity contribution is 7.99. The third-order valence-electron chi connectivity index (χ3n) is 4.05. The summed E-state index contributed by atoms with van der Waals surface area (Å²) in [5, 5.41) is 15.6. The Hall–Kier alpha value is -2.26. The first kappa shape index (κ1) is 23.4. The molecule has 7 nitrogen and oxygen atoms in total. The number of aromatic nitrogens is 3. The highest BCUT2D eigenvalue weighted by atomic mass is 35.5. The van der Waals surface area contributed by atoms with Gasteiger partial charge in [0.25, 0.3) is 0 Å². The third kappa shape index (κ3) is 6.61. The van der Waals surface area contributed by atoms with Crippen LogP contribution in [0.25, 0.3) is 0 Å². The molecule has 1 aromatic heterocycles. The largest absolute Gasteiger partial charge is 0.325 e. The molecule has 2 aromatic carbocycles. The van der Waals surface area contributed by atoms with E-state index in [0.29, 0.717) is 44.0 Å². The molecular formula is C20H18Cl3N5O2S. The molecule has 31 heavy (non-hydrogen) atoms. The fourth-order valence-electron chi connectivity index (χ4n) is 2.73. The molecule has 0 bridgehead atoms. The van der Waals surface area contributed by atoms with Crippen molar-refractivity contribution < 1.29 is 9.59 Å². The van der Waals surface area contributed by atoms with Crippen molar-refractivity contribution in [3.8, 4) is 0 Å². The Morgan fingerprint density at radius 3 is 2.39 bits per heavy atom. The maximum Gasteiger partial charge on any atom is 0.234 e. The van der Waals surface area contributed by atoms with Crippen LogP contribution in [0.5, 0.6) is 0 Å². The number of nitrogens with one attached hydrogen (secondary N) is 2. The summed E-state index contributed by atoms with van der Waals surface area (Å²) in [5.74, 6) is 0.0968. The minimum Gasteiger partial charge on any atom is -0.325 e. The quantitative estimate of drug-likeness (QED) is 0.418. The molecule has 1 heterocycles. The van der Waals surface area contributed by atoms with Gasteiger partial charge in [-0.25, -0.2) is 0 Å². The summed E-state index contributed by atoms with van der Waals surface area (Å²) >= 11 is 19.2. The van der Waals surface area contributed by atoms with Crippen molar-refractivity contribution in [2.24, 2.45) is 0 Å². The number of para-hydroxylation sites is 1. The average molecular weight is 499 g/mol. The number of amides is 2. The van der Waals surface area contributed by atoms with E-state index in [-0.39, 0.29) is 24.0 Å².